The van der Waals surface area contributed by atoms with Crippen molar-refractivity contribution in [2.24, 2.45) is 0 Å². The lowest BCUT2D eigenvalue weighted by Crippen LogP contribution is -2.29. The first-order chi connectivity index (χ1) is 11.2. The number of H-pyrrole nitrogens is 1. The lowest BCUT2D eigenvalue weighted by atomic mass is 10.0. The van der Waals surface area contributed by atoms with E-state index in [9.17, 15) is 4.79 Å². The van der Waals surface area contributed by atoms with Crippen molar-refractivity contribution in [3.05, 3.63) is 65.5 Å². The van der Waals surface area contributed by atoms with Gasteiger partial charge in [0.15, 0.2) is 0 Å². The van der Waals surface area contributed by atoms with Crippen LogP contribution in [0.15, 0.2) is 48.5 Å². The fourth-order valence-corrected chi connectivity index (χ4v) is 2.45. The highest BCUT2D eigenvalue weighted by molar-refractivity contribution is 5.75. The Morgan fingerprint density at radius 3 is 2.65 bits per heavy atom. The van der Waals surface area contributed by atoms with E-state index in [-0.39, 0.29) is 0 Å². The maximum absolute atomic E-state index is 11.1. The average molecular weight is 306 g/mol. The Labute approximate surface area is 132 Å². The first-order valence-corrected chi connectivity index (χ1v) is 7.09. The molecule has 0 aliphatic heterocycles. The van der Waals surface area contributed by atoms with E-state index in [0.29, 0.717) is 17.8 Å². The number of para-hydroxylation sites is 2. The van der Waals surface area contributed by atoms with Crippen molar-refractivity contribution in [3.8, 4) is 6.07 Å². The Hall–Kier alpha value is -3.33. The number of aromatic amines is 1. The van der Waals surface area contributed by atoms with Crippen LogP contribution in [0.25, 0.3) is 11.0 Å². The second kappa shape index (κ2) is 6.20. The van der Waals surface area contributed by atoms with Crippen LogP contribution >= 0.6 is 0 Å². The topological polar surface area (TPSA) is 102 Å². The van der Waals surface area contributed by atoms with E-state index >= 15 is 0 Å². The number of imidazole rings is 1. The molecule has 3 N–H and O–H groups in total. The van der Waals surface area contributed by atoms with Crippen molar-refractivity contribution in [3.63, 3.8) is 0 Å². The molecule has 3 aromatic rings. The van der Waals surface area contributed by atoms with Gasteiger partial charge in [0, 0.05) is 6.42 Å². The molecule has 0 saturated heterocycles. The minimum absolute atomic E-state index is 0.442. The van der Waals surface area contributed by atoms with Crippen LogP contribution < -0.4 is 5.32 Å². The van der Waals surface area contributed by atoms with Crippen LogP contribution in [0.4, 0.5) is 4.79 Å². The van der Waals surface area contributed by atoms with E-state index in [4.69, 9.17) is 10.4 Å². The fraction of sp³-hybridized carbons (Fsp3) is 0.118. The molecule has 0 aliphatic carbocycles. The van der Waals surface area contributed by atoms with Gasteiger partial charge >= 0.3 is 6.09 Å². The van der Waals surface area contributed by atoms with Gasteiger partial charge in [-0.15, -0.1) is 0 Å². The summed E-state index contributed by atoms with van der Waals surface area (Å²) in [4.78, 5) is 18.7. The molecule has 1 heterocycles. The van der Waals surface area contributed by atoms with Gasteiger partial charge in [0.1, 0.15) is 5.82 Å². The Morgan fingerprint density at radius 1 is 1.26 bits per heavy atom. The number of carbonyl (C=O) groups is 1. The monoisotopic (exact) mass is 306 g/mol. The molecule has 6 nitrogen and oxygen atoms in total. The van der Waals surface area contributed by atoms with Crippen LogP contribution in [0, 0.1) is 11.3 Å². The van der Waals surface area contributed by atoms with Crippen LogP contribution in [0.1, 0.15) is 23.0 Å². The Bertz CT molecular complexity index is 844. The second-order valence-electron chi connectivity index (χ2n) is 5.15. The largest absolute Gasteiger partial charge is 0.465 e. The molecular formula is C17H14N4O2. The highest BCUT2D eigenvalue weighted by Crippen LogP contribution is 2.20. The number of hydrogen-bond donors (Lipinski definition) is 3. The second-order valence-corrected chi connectivity index (χ2v) is 5.15. The number of carboxylic acid groups (broad SMARTS) is 1. The third-order valence-corrected chi connectivity index (χ3v) is 3.56. The zero-order valence-corrected chi connectivity index (χ0v) is 12.2. The molecule has 1 aromatic heterocycles. The quantitative estimate of drug-likeness (QED) is 0.689. The minimum Gasteiger partial charge on any atom is -0.465 e. The maximum atomic E-state index is 11.1. The number of fused-ring (bicyclic) bond motifs is 1. The molecule has 3 rings (SSSR count). The van der Waals surface area contributed by atoms with Crippen molar-refractivity contribution in [1.29, 1.82) is 5.26 Å². The van der Waals surface area contributed by atoms with Gasteiger partial charge < -0.3 is 15.4 Å². The molecule has 6 heteroatoms. The summed E-state index contributed by atoms with van der Waals surface area (Å²) < 4.78 is 0. The number of nitriles is 1. The summed E-state index contributed by atoms with van der Waals surface area (Å²) in [6, 6.07) is 16.2. The van der Waals surface area contributed by atoms with Crippen LogP contribution in [-0.4, -0.2) is 21.2 Å². The Morgan fingerprint density at radius 2 is 2.00 bits per heavy atom. The lowest BCUT2D eigenvalue weighted by Gasteiger charge is -2.14. The van der Waals surface area contributed by atoms with E-state index in [1.54, 1.807) is 12.1 Å². The predicted octanol–water partition coefficient (Wildman–Crippen LogP) is 2.99. The number of aromatic nitrogens is 2. The number of nitrogens with one attached hydrogen (secondary N) is 2. The molecule has 1 unspecified atom stereocenters. The molecule has 1 atom stereocenters. The summed E-state index contributed by atoms with van der Waals surface area (Å²) in [5.74, 6) is 0.568. The molecule has 0 fully saturated rings. The maximum Gasteiger partial charge on any atom is 0.405 e. The number of amides is 1. The van der Waals surface area contributed by atoms with Gasteiger partial charge in [-0.05, 0) is 29.8 Å². The third-order valence-electron chi connectivity index (χ3n) is 3.56. The highest BCUT2D eigenvalue weighted by Gasteiger charge is 2.18. The molecule has 2 aromatic carbocycles. The van der Waals surface area contributed by atoms with Gasteiger partial charge in [-0.2, -0.15) is 5.26 Å². The van der Waals surface area contributed by atoms with Gasteiger partial charge in [-0.1, -0.05) is 24.3 Å². The van der Waals surface area contributed by atoms with Gasteiger partial charge in [-0.25, -0.2) is 9.78 Å². The van der Waals surface area contributed by atoms with Crippen molar-refractivity contribution in [2.45, 2.75) is 12.5 Å². The number of nitrogens with zero attached hydrogens (tertiary/aromatic N) is 2. The summed E-state index contributed by atoms with van der Waals surface area (Å²) in [5, 5.41) is 20.4. The van der Waals surface area contributed by atoms with Gasteiger partial charge in [0.05, 0.1) is 28.7 Å². The third kappa shape index (κ3) is 3.30. The first kappa shape index (κ1) is 14.6. The summed E-state index contributed by atoms with van der Waals surface area (Å²) in [7, 11) is 0. The molecule has 0 radical (unpaired) electrons. The molecular weight excluding hydrogens is 292 g/mol. The van der Waals surface area contributed by atoms with Crippen molar-refractivity contribution in [2.75, 3.05) is 0 Å². The standard InChI is InChI=1S/C17H14N4O2/c18-10-12-7-5-11(6-8-12)9-15(21-17(22)23)16-19-13-3-1-2-4-14(13)20-16/h1-8,15,21H,9H2,(H,19,20)(H,22,23). The molecule has 0 aliphatic rings. The van der Waals surface area contributed by atoms with E-state index in [2.05, 4.69) is 21.4 Å². The SMILES string of the molecule is N#Cc1ccc(CC(NC(=O)O)c2nc3ccccc3[nH]2)cc1. The Balaban J connectivity index is 1.90. The zero-order chi connectivity index (χ0) is 16.2. The minimum atomic E-state index is -1.11. The summed E-state index contributed by atoms with van der Waals surface area (Å²) in [6.07, 6.45) is -0.665. The number of hydrogen-bond acceptors (Lipinski definition) is 3. The molecule has 23 heavy (non-hydrogen) atoms. The first-order valence-electron chi connectivity index (χ1n) is 7.09. The van der Waals surface area contributed by atoms with Crippen LogP contribution in [0.5, 0.6) is 0 Å². The normalized spacial score (nSPS) is 11.8. The molecule has 1 amide bonds. The van der Waals surface area contributed by atoms with E-state index in [1.165, 1.54) is 0 Å². The van der Waals surface area contributed by atoms with Gasteiger partial charge in [0.2, 0.25) is 0 Å². The Kier molecular flexibility index (Phi) is 3.93. The van der Waals surface area contributed by atoms with E-state index < -0.39 is 12.1 Å². The lowest BCUT2D eigenvalue weighted by molar-refractivity contribution is 0.189. The van der Waals surface area contributed by atoms with Crippen LogP contribution in [-0.2, 0) is 6.42 Å². The van der Waals surface area contributed by atoms with E-state index in [1.807, 2.05) is 36.4 Å². The average Bonchev–Trinajstić information content (AvgIpc) is 2.98. The highest BCUT2D eigenvalue weighted by atomic mass is 16.4. The molecule has 0 spiro atoms. The van der Waals surface area contributed by atoms with Gasteiger partial charge in [-0.3, -0.25) is 0 Å². The van der Waals surface area contributed by atoms with Gasteiger partial charge in [0.25, 0.3) is 0 Å². The summed E-state index contributed by atoms with van der Waals surface area (Å²) >= 11 is 0. The molecule has 0 bridgehead atoms. The molecule has 114 valence electrons. The van der Waals surface area contributed by atoms with Crippen molar-refractivity contribution < 1.29 is 9.90 Å². The van der Waals surface area contributed by atoms with Crippen molar-refractivity contribution >= 4 is 17.1 Å². The zero-order valence-electron chi connectivity index (χ0n) is 12.2. The number of rotatable bonds is 4. The summed E-state index contributed by atoms with van der Waals surface area (Å²) in [5.41, 5.74) is 3.14. The smallest absolute Gasteiger partial charge is 0.405 e. The molecule has 0 saturated carbocycles. The van der Waals surface area contributed by atoms with Crippen LogP contribution in [0.3, 0.4) is 0 Å². The van der Waals surface area contributed by atoms with Crippen LogP contribution in [0.2, 0.25) is 0 Å². The number of benzene rings is 2. The van der Waals surface area contributed by atoms with Crippen molar-refractivity contribution in [1.82, 2.24) is 15.3 Å². The van der Waals surface area contributed by atoms with E-state index in [0.717, 1.165) is 16.6 Å². The summed E-state index contributed by atoms with van der Waals surface area (Å²) in [6.45, 7) is 0. The predicted molar refractivity (Wildman–Crippen MR) is 84.9 cm³/mol. The fourth-order valence-electron chi connectivity index (χ4n) is 2.45.